The fourth-order valence-corrected chi connectivity index (χ4v) is 0.731. The van der Waals surface area contributed by atoms with Gasteiger partial charge < -0.3 is 9.47 Å². The molecule has 0 atom stereocenters. The quantitative estimate of drug-likeness (QED) is 0.431. The second-order valence-electron chi connectivity index (χ2n) is 2.26. The molecule has 0 aliphatic heterocycles. The van der Waals surface area contributed by atoms with Gasteiger partial charge in [0.1, 0.15) is 0 Å². The standard InChI is InChI=1S/C8H8O2.C3H4O2/c1-10-8(9)7-5-3-2-4-6-7;1-2-5-3-4/h2-6H,1H3;2-3H,1H2. The Labute approximate surface area is 88.1 Å². The van der Waals surface area contributed by atoms with Crippen LogP contribution in [0.2, 0.25) is 0 Å². The van der Waals surface area contributed by atoms with Crippen LogP contribution in [-0.2, 0) is 14.3 Å². The number of methoxy groups -OCH3 is 1. The topological polar surface area (TPSA) is 52.6 Å². The molecule has 0 saturated heterocycles. The molecule has 0 radical (unpaired) electrons. The molecule has 0 fully saturated rings. The minimum absolute atomic E-state index is 0.291. The molecule has 0 bridgehead atoms. The minimum atomic E-state index is -0.291. The zero-order chi connectivity index (χ0) is 11.5. The average Bonchev–Trinajstić information content (AvgIpc) is 2.31. The van der Waals surface area contributed by atoms with E-state index in [1.54, 1.807) is 24.3 Å². The zero-order valence-corrected chi connectivity index (χ0v) is 8.38. The molecule has 1 rings (SSSR count). The van der Waals surface area contributed by atoms with Crippen molar-refractivity contribution in [1.82, 2.24) is 0 Å². The molecular formula is C11H12O4. The van der Waals surface area contributed by atoms with E-state index >= 15 is 0 Å². The van der Waals surface area contributed by atoms with E-state index in [1.807, 2.05) is 6.07 Å². The summed E-state index contributed by atoms with van der Waals surface area (Å²) in [6.45, 7) is 3.41. The third kappa shape index (κ3) is 6.04. The van der Waals surface area contributed by atoms with E-state index < -0.39 is 0 Å². The van der Waals surface area contributed by atoms with E-state index in [0.717, 1.165) is 6.26 Å². The van der Waals surface area contributed by atoms with Gasteiger partial charge in [-0.15, -0.1) is 0 Å². The molecule has 0 amide bonds. The molecule has 0 aromatic heterocycles. The van der Waals surface area contributed by atoms with Gasteiger partial charge in [0.15, 0.2) is 0 Å². The lowest BCUT2D eigenvalue weighted by molar-refractivity contribution is -0.123. The summed E-state index contributed by atoms with van der Waals surface area (Å²) >= 11 is 0. The second kappa shape index (κ2) is 8.50. The fraction of sp³-hybridized carbons (Fsp3) is 0.0909. The maximum Gasteiger partial charge on any atom is 0.337 e. The van der Waals surface area contributed by atoms with Crippen molar-refractivity contribution in [2.75, 3.05) is 7.11 Å². The van der Waals surface area contributed by atoms with Crippen molar-refractivity contribution in [3.8, 4) is 0 Å². The van der Waals surface area contributed by atoms with E-state index in [0.29, 0.717) is 12.0 Å². The van der Waals surface area contributed by atoms with Crippen LogP contribution < -0.4 is 0 Å². The maximum absolute atomic E-state index is 10.8. The first kappa shape index (κ1) is 12.9. The third-order valence-corrected chi connectivity index (χ3v) is 1.35. The SMILES string of the molecule is C=COC=O.COC(=O)c1ccccc1. The average molecular weight is 208 g/mol. The number of ether oxygens (including phenoxy) is 2. The highest BCUT2D eigenvalue weighted by molar-refractivity contribution is 5.89. The maximum atomic E-state index is 10.8. The van der Waals surface area contributed by atoms with Crippen LogP contribution in [0.1, 0.15) is 10.4 Å². The van der Waals surface area contributed by atoms with E-state index in [1.165, 1.54) is 7.11 Å². The number of rotatable bonds is 3. The van der Waals surface area contributed by atoms with Crippen molar-refractivity contribution in [1.29, 1.82) is 0 Å². The highest BCUT2D eigenvalue weighted by Crippen LogP contribution is 1.98. The Hall–Kier alpha value is -2.10. The predicted octanol–water partition coefficient (Wildman–Crippen LogP) is 1.78. The summed E-state index contributed by atoms with van der Waals surface area (Å²) in [5.41, 5.74) is 0.588. The van der Waals surface area contributed by atoms with Gasteiger partial charge in [-0.3, -0.25) is 4.79 Å². The van der Waals surface area contributed by atoms with Gasteiger partial charge in [0, 0.05) is 0 Å². The van der Waals surface area contributed by atoms with Gasteiger partial charge >= 0.3 is 5.97 Å². The van der Waals surface area contributed by atoms with Crippen LogP contribution in [0.15, 0.2) is 43.2 Å². The predicted molar refractivity (Wildman–Crippen MR) is 55.1 cm³/mol. The Morgan fingerprint density at radius 3 is 2.27 bits per heavy atom. The minimum Gasteiger partial charge on any atom is -0.465 e. The number of hydrogen-bond acceptors (Lipinski definition) is 4. The Balaban J connectivity index is 0.000000336. The highest BCUT2D eigenvalue weighted by atomic mass is 16.5. The lowest BCUT2D eigenvalue weighted by Crippen LogP contribution is -1.99. The van der Waals surface area contributed by atoms with Gasteiger partial charge in [0.05, 0.1) is 18.9 Å². The van der Waals surface area contributed by atoms with Crippen molar-refractivity contribution >= 4 is 12.4 Å². The van der Waals surface area contributed by atoms with Gasteiger partial charge in [0.2, 0.25) is 0 Å². The first-order chi connectivity index (χ1) is 7.26. The normalized spacial score (nSPS) is 7.80. The van der Waals surface area contributed by atoms with Gasteiger partial charge in [-0.1, -0.05) is 24.8 Å². The van der Waals surface area contributed by atoms with Crippen LogP contribution in [0.4, 0.5) is 0 Å². The molecule has 0 N–H and O–H groups in total. The van der Waals surface area contributed by atoms with E-state index in [9.17, 15) is 4.79 Å². The molecule has 0 unspecified atom stereocenters. The monoisotopic (exact) mass is 208 g/mol. The summed E-state index contributed by atoms with van der Waals surface area (Å²) in [5.74, 6) is -0.291. The summed E-state index contributed by atoms with van der Waals surface area (Å²) in [6.07, 6.45) is 1.06. The Morgan fingerprint density at radius 1 is 1.33 bits per heavy atom. The second-order valence-corrected chi connectivity index (χ2v) is 2.26. The lowest BCUT2D eigenvalue weighted by atomic mass is 10.2. The lowest BCUT2D eigenvalue weighted by Gasteiger charge is -1.95. The summed E-state index contributed by atoms with van der Waals surface area (Å²) in [5, 5.41) is 0. The van der Waals surface area contributed by atoms with Crippen LogP contribution in [0.3, 0.4) is 0 Å². The molecule has 1 aromatic carbocycles. The van der Waals surface area contributed by atoms with Crippen molar-refractivity contribution < 1.29 is 19.1 Å². The molecule has 80 valence electrons. The Bertz CT molecular complexity index is 300. The molecule has 0 heterocycles. The largest absolute Gasteiger partial charge is 0.465 e. The van der Waals surface area contributed by atoms with E-state index in [2.05, 4.69) is 16.1 Å². The molecule has 0 aliphatic carbocycles. The summed E-state index contributed by atoms with van der Waals surface area (Å²) in [4.78, 5) is 19.9. The molecular weight excluding hydrogens is 196 g/mol. The zero-order valence-electron chi connectivity index (χ0n) is 8.38. The number of benzene rings is 1. The number of hydrogen-bond donors (Lipinski definition) is 0. The highest BCUT2D eigenvalue weighted by Gasteiger charge is 2.00. The molecule has 4 heteroatoms. The van der Waals surface area contributed by atoms with Crippen LogP contribution in [-0.4, -0.2) is 19.6 Å². The number of carbonyl (C=O) groups is 2. The molecule has 0 aliphatic rings. The van der Waals surface area contributed by atoms with Gasteiger partial charge in [-0.05, 0) is 12.1 Å². The molecule has 0 saturated carbocycles. The third-order valence-electron chi connectivity index (χ3n) is 1.35. The summed E-state index contributed by atoms with van der Waals surface area (Å²) in [7, 11) is 1.37. The molecule has 15 heavy (non-hydrogen) atoms. The number of esters is 1. The van der Waals surface area contributed by atoms with E-state index in [4.69, 9.17) is 4.79 Å². The van der Waals surface area contributed by atoms with Crippen molar-refractivity contribution in [3.63, 3.8) is 0 Å². The fourth-order valence-electron chi connectivity index (χ4n) is 0.731. The molecule has 4 nitrogen and oxygen atoms in total. The van der Waals surface area contributed by atoms with Gasteiger partial charge in [0.25, 0.3) is 6.47 Å². The Morgan fingerprint density at radius 2 is 1.93 bits per heavy atom. The van der Waals surface area contributed by atoms with E-state index in [-0.39, 0.29) is 5.97 Å². The number of carbonyl (C=O) groups excluding carboxylic acids is 2. The van der Waals surface area contributed by atoms with Gasteiger partial charge in [-0.25, -0.2) is 4.79 Å². The Kier molecular flexibility index (Phi) is 7.31. The first-order valence-corrected chi connectivity index (χ1v) is 4.09. The molecule has 0 spiro atoms. The van der Waals surface area contributed by atoms with Crippen LogP contribution in [0.25, 0.3) is 0 Å². The summed E-state index contributed by atoms with van der Waals surface area (Å²) < 4.78 is 8.41. The summed E-state index contributed by atoms with van der Waals surface area (Å²) in [6, 6.07) is 8.88. The van der Waals surface area contributed by atoms with Crippen molar-refractivity contribution in [2.24, 2.45) is 0 Å². The molecule has 1 aromatic rings. The van der Waals surface area contributed by atoms with Crippen LogP contribution >= 0.6 is 0 Å². The smallest absolute Gasteiger partial charge is 0.337 e. The van der Waals surface area contributed by atoms with Crippen molar-refractivity contribution in [3.05, 3.63) is 48.7 Å². The van der Waals surface area contributed by atoms with Crippen molar-refractivity contribution in [2.45, 2.75) is 0 Å². The van der Waals surface area contributed by atoms with Crippen LogP contribution in [0.5, 0.6) is 0 Å². The van der Waals surface area contributed by atoms with Gasteiger partial charge in [-0.2, -0.15) is 0 Å². The first-order valence-electron chi connectivity index (χ1n) is 4.09. The van der Waals surface area contributed by atoms with Crippen LogP contribution in [0, 0.1) is 0 Å².